The maximum Gasteiger partial charge on any atom is 0.119 e. The van der Waals surface area contributed by atoms with Gasteiger partial charge >= 0.3 is 0 Å². The van der Waals surface area contributed by atoms with Crippen LogP contribution in [0.3, 0.4) is 0 Å². The Labute approximate surface area is 113 Å². The van der Waals surface area contributed by atoms with Gasteiger partial charge in [0.15, 0.2) is 0 Å². The molecule has 0 saturated heterocycles. The fourth-order valence-corrected chi connectivity index (χ4v) is 1.80. The molecule has 2 rings (SSSR count). The molecule has 1 heterocycles. The van der Waals surface area contributed by atoms with E-state index in [9.17, 15) is 0 Å². The number of aryl methyl sites for hydroxylation is 2. The van der Waals surface area contributed by atoms with Gasteiger partial charge in [-0.1, -0.05) is 0 Å². The predicted molar refractivity (Wildman–Crippen MR) is 74.9 cm³/mol. The van der Waals surface area contributed by atoms with Gasteiger partial charge in [-0.15, -0.1) is 0 Å². The summed E-state index contributed by atoms with van der Waals surface area (Å²) in [4.78, 5) is 0. The number of methoxy groups -OCH3 is 1. The van der Waals surface area contributed by atoms with E-state index in [1.807, 2.05) is 44.4 Å². The van der Waals surface area contributed by atoms with Crippen molar-refractivity contribution >= 4 is 5.69 Å². The number of benzene rings is 1. The Balaban J connectivity index is 1.75. The molecule has 0 aliphatic rings. The fraction of sp³-hybridized carbons (Fsp3) is 0.357. The van der Waals surface area contributed by atoms with Gasteiger partial charge in [0.05, 0.1) is 18.5 Å². The van der Waals surface area contributed by atoms with E-state index in [-0.39, 0.29) is 0 Å². The zero-order valence-corrected chi connectivity index (χ0v) is 11.5. The highest BCUT2D eigenvalue weighted by molar-refractivity contribution is 5.45. The lowest BCUT2D eigenvalue weighted by Crippen LogP contribution is -2.11. The van der Waals surface area contributed by atoms with E-state index in [4.69, 9.17) is 9.47 Å². The molecule has 19 heavy (non-hydrogen) atoms. The van der Waals surface area contributed by atoms with Crippen molar-refractivity contribution in [3.8, 4) is 11.5 Å². The van der Waals surface area contributed by atoms with Crippen LogP contribution in [0.4, 0.5) is 5.69 Å². The monoisotopic (exact) mass is 261 g/mol. The number of rotatable bonds is 6. The molecule has 0 saturated carbocycles. The van der Waals surface area contributed by atoms with Crippen LogP contribution in [-0.4, -0.2) is 30.0 Å². The highest BCUT2D eigenvalue weighted by atomic mass is 16.5. The molecule has 0 atom stereocenters. The van der Waals surface area contributed by atoms with Gasteiger partial charge in [0.1, 0.15) is 18.1 Å². The van der Waals surface area contributed by atoms with E-state index in [1.54, 1.807) is 11.8 Å². The van der Waals surface area contributed by atoms with Crippen LogP contribution in [-0.2, 0) is 7.05 Å². The third-order valence-electron chi connectivity index (χ3n) is 2.76. The Morgan fingerprint density at radius 3 is 2.47 bits per heavy atom. The van der Waals surface area contributed by atoms with E-state index in [0.29, 0.717) is 6.61 Å². The molecular weight excluding hydrogens is 242 g/mol. The molecule has 0 radical (unpaired) electrons. The average molecular weight is 261 g/mol. The topological polar surface area (TPSA) is 48.3 Å². The van der Waals surface area contributed by atoms with E-state index >= 15 is 0 Å². The van der Waals surface area contributed by atoms with Gasteiger partial charge in [0.2, 0.25) is 0 Å². The molecule has 0 amide bonds. The molecule has 0 unspecified atom stereocenters. The zero-order valence-electron chi connectivity index (χ0n) is 11.5. The quantitative estimate of drug-likeness (QED) is 0.810. The molecule has 102 valence electrons. The van der Waals surface area contributed by atoms with Crippen LogP contribution < -0.4 is 14.8 Å². The number of aromatic nitrogens is 2. The summed E-state index contributed by atoms with van der Waals surface area (Å²) in [6, 6.07) is 7.56. The van der Waals surface area contributed by atoms with Gasteiger partial charge in [-0.3, -0.25) is 4.68 Å². The molecule has 2 aromatic rings. The molecule has 0 aliphatic heterocycles. The first-order chi connectivity index (χ1) is 9.19. The average Bonchev–Trinajstić information content (AvgIpc) is 2.74. The summed E-state index contributed by atoms with van der Waals surface area (Å²) >= 11 is 0. The molecule has 5 heteroatoms. The van der Waals surface area contributed by atoms with Crippen molar-refractivity contribution in [1.29, 1.82) is 0 Å². The van der Waals surface area contributed by atoms with Crippen molar-refractivity contribution in [2.75, 3.05) is 25.6 Å². The second-order valence-corrected chi connectivity index (χ2v) is 4.25. The fourth-order valence-electron chi connectivity index (χ4n) is 1.80. The van der Waals surface area contributed by atoms with Gasteiger partial charge < -0.3 is 14.8 Å². The van der Waals surface area contributed by atoms with Crippen molar-refractivity contribution in [2.45, 2.75) is 6.92 Å². The number of ether oxygens (including phenoxy) is 2. The highest BCUT2D eigenvalue weighted by Crippen LogP contribution is 2.17. The first kappa shape index (κ1) is 13.3. The summed E-state index contributed by atoms with van der Waals surface area (Å²) < 4.78 is 12.5. The molecular formula is C14H19N3O2. The lowest BCUT2D eigenvalue weighted by Gasteiger charge is -2.08. The van der Waals surface area contributed by atoms with Crippen molar-refractivity contribution in [3.05, 3.63) is 36.2 Å². The van der Waals surface area contributed by atoms with Gasteiger partial charge in [0.25, 0.3) is 0 Å². The Morgan fingerprint density at radius 2 is 1.89 bits per heavy atom. The molecule has 0 fully saturated rings. The second-order valence-electron chi connectivity index (χ2n) is 4.25. The summed E-state index contributed by atoms with van der Waals surface area (Å²) in [5.41, 5.74) is 2.03. The Hall–Kier alpha value is -2.17. The first-order valence-electron chi connectivity index (χ1n) is 6.20. The molecule has 0 spiro atoms. The first-order valence-corrected chi connectivity index (χ1v) is 6.20. The summed E-state index contributed by atoms with van der Waals surface area (Å²) in [6.45, 7) is 3.31. The SMILES string of the molecule is COc1ccc(OCCNc2cn(C)nc2C)cc1. The van der Waals surface area contributed by atoms with Crippen LogP contribution in [0.15, 0.2) is 30.5 Å². The lowest BCUT2D eigenvalue weighted by atomic mass is 10.3. The van der Waals surface area contributed by atoms with Gasteiger partial charge in [-0.05, 0) is 31.2 Å². The van der Waals surface area contributed by atoms with Crippen LogP contribution in [0.25, 0.3) is 0 Å². The predicted octanol–water partition coefficient (Wildman–Crippen LogP) is 2.23. The van der Waals surface area contributed by atoms with Crippen molar-refractivity contribution < 1.29 is 9.47 Å². The summed E-state index contributed by atoms with van der Waals surface area (Å²) in [5.74, 6) is 1.67. The smallest absolute Gasteiger partial charge is 0.119 e. The second kappa shape index (κ2) is 6.13. The molecule has 0 bridgehead atoms. The van der Waals surface area contributed by atoms with E-state index in [1.165, 1.54) is 0 Å². The van der Waals surface area contributed by atoms with Gasteiger partial charge in [-0.25, -0.2) is 0 Å². The third-order valence-corrected chi connectivity index (χ3v) is 2.76. The largest absolute Gasteiger partial charge is 0.497 e. The Bertz CT molecular complexity index is 520. The molecule has 1 aromatic heterocycles. The minimum Gasteiger partial charge on any atom is -0.497 e. The normalized spacial score (nSPS) is 10.3. The van der Waals surface area contributed by atoms with E-state index in [2.05, 4.69) is 10.4 Å². The number of nitrogens with zero attached hydrogens (tertiary/aromatic N) is 2. The van der Waals surface area contributed by atoms with Crippen molar-refractivity contribution in [1.82, 2.24) is 9.78 Å². The number of anilines is 1. The molecule has 0 aliphatic carbocycles. The van der Waals surface area contributed by atoms with Crippen molar-refractivity contribution in [2.24, 2.45) is 7.05 Å². The lowest BCUT2D eigenvalue weighted by molar-refractivity contribution is 0.331. The maximum absolute atomic E-state index is 5.63. The van der Waals surface area contributed by atoms with Crippen LogP contribution in [0, 0.1) is 6.92 Å². The van der Waals surface area contributed by atoms with Crippen LogP contribution in [0.5, 0.6) is 11.5 Å². The highest BCUT2D eigenvalue weighted by Gasteiger charge is 2.01. The number of nitrogens with one attached hydrogen (secondary N) is 1. The number of hydrogen-bond donors (Lipinski definition) is 1. The van der Waals surface area contributed by atoms with Crippen LogP contribution >= 0.6 is 0 Å². The number of hydrogen-bond acceptors (Lipinski definition) is 4. The van der Waals surface area contributed by atoms with Crippen LogP contribution in [0.2, 0.25) is 0 Å². The Morgan fingerprint density at radius 1 is 1.21 bits per heavy atom. The standard InChI is InChI=1S/C14H19N3O2/c1-11-14(10-17(2)16-11)15-8-9-19-13-6-4-12(18-3)5-7-13/h4-7,10,15H,8-9H2,1-3H3. The zero-order chi connectivity index (χ0) is 13.7. The van der Waals surface area contributed by atoms with Gasteiger partial charge in [0, 0.05) is 19.8 Å². The summed E-state index contributed by atoms with van der Waals surface area (Å²) in [5, 5.41) is 7.56. The van der Waals surface area contributed by atoms with Crippen molar-refractivity contribution in [3.63, 3.8) is 0 Å². The van der Waals surface area contributed by atoms with E-state index in [0.717, 1.165) is 29.4 Å². The molecule has 5 nitrogen and oxygen atoms in total. The van der Waals surface area contributed by atoms with Crippen LogP contribution in [0.1, 0.15) is 5.69 Å². The minimum atomic E-state index is 0.598. The molecule has 1 N–H and O–H groups in total. The molecule has 1 aromatic carbocycles. The summed E-state index contributed by atoms with van der Waals surface area (Å²) in [7, 11) is 3.56. The maximum atomic E-state index is 5.63. The Kier molecular flexibility index (Phi) is 4.28. The summed E-state index contributed by atoms with van der Waals surface area (Å²) in [6.07, 6.45) is 1.96. The van der Waals surface area contributed by atoms with E-state index < -0.39 is 0 Å². The van der Waals surface area contributed by atoms with Gasteiger partial charge in [-0.2, -0.15) is 5.10 Å². The minimum absolute atomic E-state index is 0.598. The third kappa shape index (κ3) is 3.64.